The Bertz CT molecular complexity index is 503. The number of carbonyl (C=O) groups is 1. The Kier molecular flexibility index (Phi) is 6.97. The molecule has 0 aromatic carbocycles. The topological polar surface area (TPSA) is 78.9 Å². The second kappa shape index (κ2) is 7.99. The van der Waals surface area contributed by atoms with E-state index in [2.05, 4.69) is 37.0 Å². The zero-order valence-corrected chi connectivity index (χ0v) is 15.3. The minimum atomic E-state index is -0.0572. The number of halogens is 2. The lowest BCUT2D eigenvalue weighted by molar-refractivity contribution is 0.0740. The van der Waals surface area contributed by atoms with E-state index in [4.69, 9.17) is 10.9 Å². The molecule has 0 saturated carbocycles. The molecule has 20 heavy (non-hydrogen) atoms. The summed E-state index contributed by atoms with van der Waals surface area (Å²) in [4.78, 5) is 14.3. The van der Waals surface area contributed by atoms with Crippen LogP contribution in [0.2, 0.25) is 0 Å². The quantitative estimate of drug-likeness (QED) is 0.316. The predicted octanol–water partition coefficient (Wildman–Crippen LogP) is 3.51. The molecule has 1 amide bonds. The van der Waals surface area contributed by atoms with Crippen LogP contribution in [-0.4, -0.2) is 34.9 Å². The number of thiophene rings is 1. The summed E-state index contributed by atoms with van der Waals surface area (Å²) in [6.07, 6.45) is 0.345. The number of amidine groups is 1. The fourth-order valence-corrected chi connectivity index (χ4v) is 4.45. The van der Waals surface area contributed by atoms with Crippen molar-refractivity contribution in [1.29, 1.82) is 0 Å². The van der Waals surface area contributed by atoms with Gasteiger partial charge < -0.3 is 15.8 Å². The molecule has 0 unspecified atom stereocenters. The van der Waals surface area contributed by atoms with Crippen molar-refractivity contribution >= 4 is 54.9 Å². The predicted molar refractivity (Wildman–Crippen MR) is 88.5 cm³/mol. The van der Waals surface area contributed by atoms with Crippen LogP contribution in [0.1, 0.15) is 30.6 Å². The minimum absolute atomic E-state index is 0.0572. The van der Waals surface area contributed by atoms with Gasteiger partial charge in [-0.05, 0) is 43.8 Å². The number of hydrogen-bond acceptors (Lipinski definition) is 4. The summed E-state index contributed by atoms with van der Waals surface area (Å²) in [5.74, 6) is 0.405. The van der Waals surface area contributed by atoms with E-state index in [9.17, 15) is 4.79 Å². The number of nitrogens with zero attached hydrogens (tertiary/aromatic N) is 2. The Balaban J connectivity index is 2.86. The van der Waals surface area contributed by atoms with E-state index in [1.807, 2.05) is 13.8 Å². The monoisotopic (exact) mass is 425 g/mol. The molecule has 0 saturated heterocycles. The zero-order chi connectivity index (χ0) is 15.3. The molecule has 1 heterocycles. The maximum absolute atomic E-state index is 12.6. The van der Waals surface area contributed by atoms with E-state index >= 15 is 0 Å². The molecule has 1 rings (SSSR count). The lowest BCUT2D eigenvalue weighted by Gasteiger charge is -2.24. The van der Waals surface area contributed by atoms with Gasteiger partial charge >= 0.3 is 0 Å². The molecule has 5 nitrogen and oxygen atoms in total. The van der Waals surface area contributed by atoms with Gasteiger partial charge in [-0.2, -0.15) is 0 Å². The second-order valence-electron chi connectivity index (χ2n) is 4.72. The zero-order valence-electron chi connectivity index (χ0n) is 11.3. The average Bonchev–Trinajstić information content (AvgIpc) is 2.71. The summed E-state index contributed by atoms with van der Waals surface area (Å²) in [6.45, 7) is 5.13. The number of amides is 1. The lowest BCUT2D eigenvalue weighted by atomic mass is 10.1. The highest BCUT2D eigenvalue weighted by atomic mass is 79.9. The van der Waals surface area contributed by atoms with Gasteiger partial charge in [0.1, 0.15) is 5.84 Å². The molecule has 1 aromatic heterocycles. The van der Waals surface area contributed by atoms with Crippen molar-refractivity contribution in [3.8, 4) is 0 Å². The molecule has 0 aliphatic rings. The van der Waals surface area contributed by atoms with Crippen molar-refractivity contribution in [2.75, 3.05) is 13.1 Å². The largest absolute Gasteiger partial charge is 0.409 e. The molecule has 0 bridgehead atoms. The molecule has 112 valence electrons. The summed E-state index contributed by atoms with van der Waals surface area (Å²) in [7, 11) is 0. The summed E-state index contributed by atoms with van der Waals surface area (Å²) < 4.78 is 1.69. The van der Waals surface area contributed by atoms with Crippen LogP contribution in [0.4, 0.5) is 0 Å². The van der Waals surface area contributed by atoms with Gasteiger partial charge in [0.2, 0.25) is 0 Å². The third kappa shape index (κ3) is 5.06. The molecule has 3 N–H and O–H groups in total. The molecule has 8 heteroatoms. The summed E-state index contributed by atoms with van der Waals surface area (Å²) >= 11 is 8.23. The first-order valence-electron chi connectivity index (χ1n) is 6.05. The van der Waals surface area contributed by atoms with Gasteiger partial charge in [0, 0.05) is 19.5 Å². The molecule has 0 fully saturated rings. The highest BCUT2D eigenvalue weighted by Gasteiger charge is 2.21. The minimum Gasteiger partial charge on any atom is -0.409 e. The molecule has 0 spiro atoms. The fraction of sp³-hybridized carbons (Fsp3) is 0.500. The molecule has 0 radical (unpaired) electrons. The van der Waals surface area contributed by atoms with Crippen LogP contribution in [0, 0.1) is 5.92 Å². The molecular formula is C12H17Br2N3O2S. The Morgan fingerprint density at radius 1 is 1.55 bits per heavy atom. The smallest absolute Gasteiger partial charge is 0.255 e. The van der Waals surface area contributed by atoms with Crippen LogP contribution in [0.25, 0.3) is 0 Å². The van der Waals surface area contributed by atoms with Gasteiger partial charge in [-0.15, -0.1) is 11.3 Å². The van der Waals surface area contributed by atoms with Crippen LogP contribution < -0.4 is 5.73 Å². The first-order chi connectivity index (χ1) is 9.35. The third-order valence-electron chi connectivity index (χ3n) is 2.53. The van der Waals surface area contributed by atoms with Gasteiger partial charge in [0.05, 0.1) is 13.1 Å². The van der Waals surface area contributed by atoms with Crippen LogP contribution in [0.5, 0.6) is 0 Å². The van der Waals surface area contributed by atoms with Gasteiger partial charge in [0.25, 0.3) is 5.91 Å². The highest BCUT2D eigenvalue weighted by molar-refractivity contribution is 9.12. The molecule has 1 aromatic rings. The van der Waals surface area contributed by atoms with Crippen LogP contribution in [0.15, 0.2) is 18.8 Å². The normalized spacial score (nSPS) is 11.9. The highest BCUT2D eigenvalue weighted by Crippen LogP contribution is 2.32. The van der Waals surface area contributed by atoms with E-state index in [0.29, 0.717) is 31.0 Å². The van der Waals surface area contributed by atoms with Gasteiger partial charge in [-0.25, -0.2) is 0 Å². The Labute approximate surface area is 139 Å². The summed E-state index contributed by atoms with van der Waals surface area (Å²) in [5.41, 5.74) is 6.10. The SMILES string of the molecule is CC(C)CN(CC/C(N)=N/O)C(=O)c1cc(Br)sc1Br. The van der Waals surface area contributed by atoms with Gasteiger partial charge in [-0.3, -0.25) is 4.79 Å². The van der Waals surface area contributed by atoms with E-state index in [-0.39, 0.29) is 11.7 Å². The maximum Gasteiger partial charge on any atom is 0.255 e. The number of oxime groups is 1. The maximum atomic E-state index is 12.6. The van der Waals surface area contributed by atoms with Gasteiger partial charge in [0.15, 0.2) is 0 Å². The molecule has 0 aliphatic heterocycles. The van der Waals surface area contributed by atoms with Crippen molar-refractivity contribution in [1.82, 2.24) is 4.90 Å². The second-order valence-corrected chi connectivity index (χ2v) is 8.47. The molecule has 0 aliphatic carbocycles. The lowest BCUT2D eigenvalue weighted by Crippen LogP contribution is -2.36. The third-order valence-corrected chi connectivity index (χ3v) is 4.87. The Morgan fingerprint density at radius 2 is 2.20 bits per heavy atom. The standard InChI is InChI=1S/C12H17Br2N3O2S/c1-7(2)6-17(4-3-10(15)16-19)12(18)8-5-9(13)20-11(8)14/h5,7,19H,3-4,6H2,1-2H3,(H2,15,16). The van der Waals surface area contributed by atoms with Crippen molar-refractivity contribution in [2.24, 2.45) is 16.8 Å². The number of hydrogen-bond donors (Lipinski definition) is 2. The summed E-state index contributed by atoms with van der Waals surface area (Å²) in [5, 5.41) is 11.5. The number of rotatable bonds is 6. The van der Waals surface area contributed by atoms with Crippen LogP contribution >= 0.6 is 43.2 Å². The first kappa shape index (κ1) is 17.5. The van der Waals surface area contributed by atoms with E-state index in [0.717, 1.165) is 7.57 Å². The van der Waals surface area contributed by atoms with Crippen molar-refractivity contribution in [2.45, 2.75) is 20.3 Å². The molecular weight excluding hydrogens is 410 g/mol. The fourth-order valence-electron chi connectivity index (χ4n) is 1.67. The Morgan fingerprint density at radius 3 is 2.65 bits per heavy atom. The number of carbonyl (C=O) groups excluding carboxylic acids is 1. The number of nitrogens with two attached hydrogens (primary N) is 1. The molecule has 0 atom stereocenters. The first-order valence-corrected chi connectivity index (χ1v) is 8.46. The van der Waals surface area contributed by atoms with Crippen LogP contribution in [-0.2, 0) is 0 Å². The van der Waals surface area contributed by atoms with E-state index < -0.39 is 0 Å². The average molecular weight is 427 g/mol. The van der Waals surface area contributed by atoms with Gasteiger partial charge in [-0.1, -0.05) is 19.0 Å². The van der Waals surface area contributed by atoms with E-state index in [1.54, 1.807) is 11.0 Å². The van der Waals surface area contributed by atoms with Crippen molar-refractivity contribution in [3.63, 3.8) is 0 Å². The summed E-state index contributed by atoms with van der Waals surface area (Å²) in [6, 6.07) is 1.80. The van der Waals surface area contributed by atoms with Crippen molar-refractivity contribution in [3.05, 3.63) is 19.2 Å². The van der Waals surface area contributed by atoms with E-state index in [1.165, 1.54) is 11.3 Å². The van der Waals surface area contributed by atoms with Crippen LogP contribution in [0.3, 0.4) is 0 Å². The Hall–Kier alpha value is -0.600. The van der Waals surface area contributed by atoms with Crippen molar-refractivity contribution < 1.29 is 10.0 Å².